The molecule has 4 rings (SSSR count). The van der Waals surface area contributed by atoms with Gasteiger partial charge in [0, 0.05) is 36.9 Å². The number of nitrogens with zero attached hydrogens (tertiary/aromatic N) is 5. The summed E-state index contributed by atoms with van der Waals surface area (Å²) in [5.74, 6) is -0.590. The van der Waals surface area contributed by atoms with Gasteiger partial charge in [0.05, 0.1) is 11.4 Å². The van der Waals surface area contributed by atoms with Crippen LogP contribution in [0, 0.1) is 12.7 Å². The predicted molar refractivity (Wildman–Crippen MR) is 119 cm³/mol. The lowest BCUT2D eigenvalue weighted by Crippen LogP contribution is -2.39. The molecule has 0 atom stereocenters. The SMILES string of the molecule is Cc1c(C(=O)N2CCCN(C(=O)Nc3ccc(Cl)cc3)CC2)nnn1-c1ccc(F)cc1. The molecule has 1 aromatic heterocycles. The monoisotopic (exact) mass is 456 g/mol. The zero-order valence-corrected chi connectivity index (χ0v) is 18.2. The Hall–Kier alpha value is -3.46. The molecule has 2 heterocycles. The molecule has 3 aromatic rings. The highest BCUT2D eigenvalue weighted by atomic mass is 35.5. The molecular weight excluding hydrogens is 435 g/mol. The quantitative estimate of drug-likeness (QED) is 0.650. The maximum atomic E-state index is 13.2. The Balaban J connectivity index is 1.41. The van der Waals surface area contributed by atoms with Crippen LogP contribution in [0.2, 0.25) is 5.02 Å². The largest absolute Gasteiger partial charge is 0.335 e. The zero-order chi connectivity index (χ0) is 22.7. The van der Waals surface area contributed by atoms with Gasteiger partial charge in [0.2, 0.25) is 0 Å². The summed E-state index contributed by atoms with van der Waals surface area (Å²) in [7, 11) is 0. The molecule has 0 unspecified atom stereocenters. The third-order valence-corrected chi connectivity index (χ3v) is 5.59. The smallest absolute Gasteiger partial charge is 0.321 e. The predicted octanol–water partition coefficient (Wildman–Crippen LogP) is 3.75. The van der Waals surface area contributed by atoms with Gasteiger partial charge in [-0.05, 0) is 61.9 Å². The number of halogens is 2. The van der Waals surface area contributed by atoms with Gasteiger partial charge in [0.1, 0.15) is 5.82 Å². The summed E-state index contributed by atoms with van der Waals surface area (Å²) < 4.78 is 14.7. The average Bonchev–Trinajstić information content (AvgIpc) is 3.00. The summed E-state index contributed by atoms with van der Waals surface area (Å²) in [6.07, 6.45) is 0.644. The third-order valence-electron chi connectivity index (χ3n) is 5.33. The van der Waals surface area contributed by atoms with Gasteiger partial charge >= 0.3 is 6.03 Å². The number of amides is 3. The number of rotatable bonds is 3. The van der Waals surface area contributed by atoms with Crippen molar-refractivity contribution in [3.63, 3.8) is 0 Å². The molecule has 1 saturated heterocycles. The summed E-state index contributed by atoms with van der Waals surface area (Å²) in [5, 5.41) is 11.6. The van der Waals surface area contributed by atoms with E-state index in [1.54, 1.807) is 53.1 Å². The van der Waals surface area contributed by atoms with E-state index in [1.807, 2.05) is 0 Å². The summed E-state index contributed by atoms with van der Waals surface area (Å²) in [5.41, 5.74) is 2.09. The normalized spacial score (nSPS) is 14.2. The summed E-state index contributed by atoms with van der Waals surface area (Å²) >= 11 is 5.88. The fourth-order valence-corrected chi connectivity index (χ4v) is 3.69. The van der Waals surface area contributed by atoms with Gasteiger partial charge in [-0.25, -0.2) is 13.9 Å². The minimum atomic E-state index is -0.350. The van der Waals surface area contributed by atoms with Gasteiger partial charge in [-0.3, -0.25) is 4.79 Å². The number of carbonyl (C=O) groups excluding carboxylic acids is 2. The number of aromatic nitrogens is 3. The molecule has 8 nitrogen and oxygen atoms in total. The second kappa shape index (κ2) is 9.35. The molecule has 1 aliphatic rings. The van der Waals surface area contributed by atoms with Crippen LogP contribution in [0.15, 0.2) is 48.5 Å². The number of urea groups is 1. The number of carbonyl (C=O) groups is 2. The van der Waals surface area contributed by atoms with Crippen molar-refractivity contribution >= 4 is 29.2 Å². The highest BCUT2D eigenvalue weighted by Crippen LogP contribution is 2.17. The Bertz CT molecular complexity index is 1120. The van der Waals surface area contributed by atoms with Gasteiger partial charge in [-0.15, -0.1) is 5.10 Å². The van der Waals surface area contributed by atoms with Crippen molar-refractivity contribution in [2.75, 3.05) is 31.5 Å². The zero-order valence-electron chi connectivity index (χ0n) is 17.5. The fraction of sp³-hybridized carbons (Fsp3) is 0.273. The Kier molecular flexibility index (Phi) is 6.36. The van der Waals surface area contributed by atoms with Crippen molar-refractivity contribution in [2.45, 2.75) is 13.3 Å². The van der Waals surface area contributed by atoms with Crippen LogP contribution in [0.4, 0.5) is 14.9 Å². The molecule has 166 valence electrons. The lowest BCUT2D eigenvalue weighted by Gasteiger charge is -2.22. The minimum Gasteiger partial charge on any atom is -0.335 e. The van der Waals surface area contributed by atoms with E-state index in [4.69, 9.17) is 11.6 Å². The number of anilines is 1. The Morgan fingerprint density at radius 1 is 0.969 bits per heavy atom. The van der Waals surface area contributed by atoms with Crippen molar-refractivity contribution in [1.29, 1.82) is 0 Å². The van der Waals surface area contributed by atoms with E-state index in [9.17, 15) is 14.0 Å². The van der Waals surface area contributed by atoms with Crippen LogP contribution in [-0.2, 0) is 0 Å². The van der Waals surface area contributed by atoms with Crippen LogP contribution in [0.25, 0.3) is 5.69 Å². The van der Waals surface area contributed by atoms with E-state index in [-0.39, 0.29) is 23.4 Å². The molecule has 0 aliphatic carbocycles. The van der Waals surface area contributed by atoms with Crippen LogP contribution in [0.5, 0.6) is 0 Å². The summed E-state index contributed by atoms with van der Waals surface area (Å²) in [6.45, 7) is 3.57. The number of benzene rings is 2. The molecule has 0 radical (unpaired) electrons. The minimum absolute atomic E-state index is 0.222. The second-order valence-corrected chi connectivity index (χ2v) is 7.92. The molecule has 1 aliphatic heterocycles. The Labute approximate surface area is 189 Å². The van der Waals surface area contributed by atoms with Gasteiger partial charge in [-0.1, -0.05) is 16.8 Å². The maximum absolute atomic E-state index is 13.2. The van der Waals surface area contributed by atoms with E-state index >= 15 is 0 Å². The van der Waals surface area contributed by atoms with E-state index in [1.165, 1.54) is 16.8 Å². The highest BCUT2D eigenvalue weighted by Gasteiger charge is 2.26. The van der Waals surface area contributed by atoms with Gasteiger partial charge in [0.15, 0.2) is 5.69 Å². The van der Waals surface area contributed by atoms with Crippen LogP contribution >= 0.6 is 11.6 Å². The van der Waals surface area contributed by atoms with Gasteiger partial charge in [0.25, 0.3) is 5.91 Å². The molecule has 1 N–H and O–H groups in total. The third kappa shape index (κ3) is 4.72. The lowest BCUT2D eigenvalue weighted by atomic mass is 10.2. The van der Waals surface area contributed by atoms with Crippen molar-refractivity contribution in [1.82, 2.24) is 24.8 Å². The first-order valence-corrected chi connectivity index (χ1v) is 10.6. The van der Waals surface area contributed by atoms with Crippen LogP contribution in [-0.4, -0.2) is 62.9 Å². The lowest BCUT2D eigenvalue weighted by molar-refractivity contribution is 0.0756. The van der Waals surface area contributed by atoms with Crippen LogP contribution < -0.4 is 5.32 Å². The molecule has 2 aromatic carbocycles. The molecule has 32 heavy (non-hydrogen) atoms. The average molecular weight is 457 g/mol. The molecule has 10 heteroatoms. The number of hydrogen-bond acceptors (Lipinski definition) is 4. The van der Waals surface area contributed by atoms with Crippen molar-refractivity contribution < 1.29 is 14.0 Å². The van der Waals surface area contributed by atoms with E-state index in [0.29, 0.717) is 54.7 Å². The van der Waals surface area contributed by atoms with Crippen molar-refractivity contribution in [3.8, 4) is 5.69 Å². The highest BCUT2D eigenvalue weighted by molar-refractivity contribution is 6.30. The van der Waals surface area contributed by atoms with Crippen LogP contribution in [0.1, 0.15) is 22.6 Å². The van der Waals surface area contributed by atoms with E-state index in [0.717, 1.165) is 0 Å². The van der Waals surface area contributed by atoms with E-state index in [2.05, 4.69) is 15.6 Å². The van der Waals surface area contributed by atoms with Gasteiger partial charge < -0.3 is 15.1 Å². The maximum Gasteiger partial charge on any atom is 0.321 e. The summed E-state index contributed by atoms with van der Waals surface area (Å²) in [6, 6.07) is 12.5. The first-order valence-electron chi connectivity index (χ1n) is 10.2. The first-order chi connectivity index (χ1) is 15.4. The fourth-order valence-electron chi connectivity index (χ4n) is 3.56. The first kappa shape index (κ1) is 21.8. The Morgan fingerprint density at radius 2 is 1.62 bits per heavy atom. The standard InChI is InChI=1S/C22H22ClFN6O2/c1-15-20(26-27-30(15)19-9-5-17(24)6-10-19)21(31)28-11-2-12-29(14-13-28)22(32)25-18-7-3-16(23)4-8-18/h3-10H,2,11-14H2,1H3,(H,25,32). The molecule has 0 spiro atoms. The molecular formula is C22H22ClFN6O2. The second-order valence-electron chi connectivity index (χ2n) is 7.48. The Morgan fingerprint density at radius 3 is 2.34 bits per heavy atom. The van der Waals surface area contributed by atoms with Crippen LogP contribution in [0.3, 0.4) is 0 Å². The molecule has 1 fully saturated rings. The number of hydrogen-bond donors (Lipinski definition) is 1. The molecule has 0 saturated carbocycles. The molecule has 3 amide bonds. The van der Waals surface area contributed by atoms with E-state index < -0.39 is 0 Å². The van der Waals surface area contributed by atoms with Crippen molar-refractivity contribution in [2.24, 2.45) is 0 Å². The number of nitrogens with one attached hydrogen (secondary N) is 1. The topological polar surface area (TPSA) is 83.4 Å². The summed E-state index contributed by atoms with van der Waals surface area (Å²) in [4.78, 5) is 29.1. The molecule has 0 bridgehead atoms. The van der Waals surface area contributed by atoms with Crippen molar-refractivity contribution in [3.05, 3.63) is 70.8 Å². The van der Waals surface area contributed by atoms with Gasteiger partial charge in [-0.2, -0.15) is 0 Å².